The maximum Gasteiger partial charge on any atom is 0.257 e. The maximum atomic E-state index is 12.6. The molecule has 0 atom stereocenters. The summed E-state index contributed by atoms with van der Waals surface area (Å²) in [6, 6.07) is 2.67. The number of nitrogens with one attached hydrogen (secondary N) is 1. The van der Waals surface area contributed by atoms with Gasteiger partial charge in [0.1, 0.15) is 0 Å². The van der Waals surface area contributed by atoms with Crippen molar-refractivity contribution in [2.75, 3.05) is 38.0 Å². The van der Waals surface area contributed by atoms with Crippen LogP contribution in [0.2, 0.25) is 0 Å². The van der Waals surface area contributed by atoms with Crippen molar-refractivity contribution in [1.82, 2.24) is 14.8 Å². The average Bonchev–Trinajstić information content (AvgIpc) is 3.32. The predicted molar refractivity (Wildman–Crippen MR) is 78.9 cm³/mol. The van der Waals surface area contributed by atoms with Gasteiger partial charge in [0, 0.05) is 51.2 Å². The molecule has 1 aliphatic carbocycles. The third-order valence-electron chi connectivity index (χ3n) is 4.08. The van der Waals surface area contributed by atoms with E-state index in [0.717, 1.165) is 44.5 Å². The van der Waals surface area contributed by atoms with E-state index in [1.807, 2.05) is 17.9 Å². The smallest absolute Gasteiger partial charge is 0.257 e. The number of pyridine rings is 1. The van der Waals surface area contributed by atoms with Crippen molar-refractivity contribution in [2.45, 2.75) is 25.8 Å². The molecule has 5 heteroatoms. The minimum atomic E-state index is 0.101. The Morgan fingerprint density at radius 2 is 2.10 bits per heavy atom. The zero-order valence-electron chi connectivity index (χ0n) is 12.0. The number of carbonyl (C=O) groups excluding carboxylic acids is 1. The molecule has 3 rings (SSSR count). The number of carbonyl (C=O) groups is 1. The number of piperazine rings is 1. The fourth-order valence-corrected chi connectivity index (χ4v) is 2.81. The first-order valence-electron chi connectivity index (χ1n) is 7.51. The van der Waals surface area contributed by atoms with Crippen LogP contribution >= 0.6 is 0 Å². The van der Waals surface area contributed by atoms with E-state index in [9.17, 15) is 4.79 Å². The molecule has 20 heavy (non-hydrogen) atoms. The first kappa shape index (κ1) is 13.4. The number of aromatic nitrogens is 1. The van der Waals surface area contributed by atoms with Gasteiger partial charge in [-0.15, -0.1) is 0 Å². The van der Waals surface area contributed by atoms with Gasteiger partial charge in [-0.3, -0.25) is 14.7 Å². The first-order valence-corrected chi connectivity index (χ1v) is 7.51. The molecule has 108 valence electrons. The summed E-state index contributed by atoms with van der Waals surface area (Å²) in [7, 11) is 0. The zero-order chi connectivity index (χ0) is 13.9. The Labute approximate surface area is 120 Å². The van der Waals surface area contributed by atoms with Crippen LogP contribution in [0.5, 0.6) is 0 Å². The highest BCUT2D eigenvalue weighted by atomic mass is 16.2. The number of nitrogens with zero attached hydrogens (tertiary/aromatic N) is 3. The van der Waals surface area contributed by atoms with E-state index in [-0.39, 0.29) is 5.91 Å². The van der Waals surface area contributed by atoms with Crippen molar-refractivity contribution in [3.63, 3.8) is 0 Å². The van der Waals surface area contributed by atoms with Crippen LogP contribution in [-0.2, 0) is 0 Å². The van der Waals surface area contributed by atoms with E-state index in [1.165, 1.54) is 12.8 Å². The molecule has 2 aliphatic rings. The molecule has 2 fully saturated rings. The van der Waals surface area contributed by atoms with Crippen LogP contribution in [-0.4, -0.2) is 59.5 Å². The molecule has 0 unspecified atom stereocenters. The molecule has 1 saturated heterocycles. The van der Waals surface area contributed by atoms with Crippen LogP contribution < -0.4 is 5.32 Å². The lowest BCUT2D eigenvalue weighted by Gasteiger charge is -2.35. The summed E-state index contributed by atoms with van der Waals surface area (Å²) in [6.07, 6.45) is 6.07. The van der Waals surface area contributed by atoms with Crippen molar-refractivity contribution < 1.29 is 4.79 Å². The largest absolute Gasteiger partial charge is 0.385 e. The summed E-state index contributed by atoms with van der Waals surface area (Å²) < 4.78 is 0. The van der Waals surface area contributed by atoms with E-state index in [1.54, 1.807) is 12.4 Å². The molecule has 1 N–H and O–H groups in total. The van der Waals surface area contributed by atoms with E-state index >= 15 is 0 Å². The maximum absolute atomic E-state index is 12.6. The molecule has 0 radical (unpaired) electrons. The van der Waals surface area contributed by atoms with Crippen LogP contribution in [0.15, 0.2) is 18.5 Å². The number of rotatable bonds is 4. The Morgan fingerprint density at radius 1 is 1.35 bits per heavy atom. The van der Waals surface area contributed by atoms with Crippen molar-refractivity contribution in [2.24, 2.45) is 0 Å². The molecular formula is C15H22N4O. The highest BCUT2D eigenvalue weighted by molar-refractivity contribution is 5.99. The SMILES string of the molecule is CCNc1ccncc1C(=O)N1CCN(C2CC2)CC1. The third-order valence-corrected chi connectivity index (χ3v) is 4.08. The molecule has 1 amide bonds. The van der Waals surface area contributed by atoms with Crippen LogP contribution in [0.25, 0.3) is 0 Å². The quantitative estimate of drug-likeness (QED) is 0.902. The standard InChI is InChI=1S/C15H22N4O/c1-2-17-14-5-6-16-11-13(14)15(20)19-9-7-18(8-10-19)12-3-4-12/h5-6,11-12H,2-4,7-10H2,1H3,(H,16,17). The van der Waals surface area contributed by atoms with Gasteiger partial charge in [-0.2, -0.15) is 0 Å². The Hall–Kier alpha value is -1.62. The van der Waals surface area contributed by atoms with Gasteiger partial charge < -0.3 is 10.2 Å². The van der Waals surface area contributed by atoms with E-state index in [2.05, 4.69) is 15.2 Å². The van der Waals surface area contributed by atoms with Gasteiger partial charge in [0.05, 0.1) is 11.3 Å². The minimum Gasteiger partial charge on any atom is -0.385 e. The molecule has 0 bridgehead atoms. The van der Waals surface area contributed by atoms with Gasteiger partial charge in [0.15, 0.2) is 0 Å². The number of hydrogen-bond acceptors (Lipinski definition) is 4. The van der Waals surface area contributed by atoms with Crippen LogP contribution in [0.3, 0.4) is 0 Å². The van der Waals surface area contributed by atoms with Gasteiger partial charge in [-0.25, -0.2) is 0 Å². The van der Waals surface area contributed by atoms with Gasteiger partial charge in [0.2, 0.25) is 0 Å². The second kappa shape index (κ2) is 5.79. The Morgan fingerprint density at radius 3 is 2.75 bits per heavy atom. The summed E-state index contributed by atoms with van der Waals surface area (Å²) in [5, 5.41) is 3.24. The van der Waals surface area contributed by atoms with Crippen molar-refractivity contribution in [3.8, 4) is 0 Å². The molecule has 2 heterocycles. The lowest BCUT2D eigenvalue weighted by Crippen LogP contribution is -2.49. The highest BCUT2D eigenvalue weighted by Gasteiger charge is 2.32. The van der Waals surface area contributed by atoms with Gasteiger partial charge >= 0.3 is 0 Å². The molecular weight excluding hydrogens is 252 g/mol. The molecule has 1 aliphatic heterocycles. The van der Waals surface area contributed by atoms with E-state index in [0.29, 0.717) is 5.56 Å². The fraction of sp³-hybridized carbons (Fsp3) is 0.600. The van der Waals surface area contributed by atoms with E-state index < -0.39 is 0 Å². The zero-order valence-corrected chi connectivity index (χ0v) is 12.0. The van der Waals surface area contributed by atoms with Crippen LogP contribution in [0, 0.1) is 0 Å². The lowest BCUT2D eigenvalue weighted by molar-refractivity contribution is 0.0628. The molecule has 1 aromatic rings. The number of hydrogen-bond donors (Lipinski definition) is 1. The summed E-state index contributed by atoms with van der Waals surface area (Å²) in [4.78, 5) is 21.2. The Bertz CT molecular complexity index is 479. The molecule has 1 saturated carbocycles. The van der Waals surface area contributed by atoms with Crippen LogP contribution in [0.1, 0.15) is 30.1 Å². The molecule has 0 aromatic carbocycles. The van der Waals surface area contributed by atoms with Crippen molar-refractivity contribution >= 4 is 11.6 Å². The molecule has 1 aromatic heterocycles. The second-order valence-electron chi connectivity index (χ2n) is 5.51. The first-order chi connectivity index (χ1) is 9.79. The van der Waals surface area contributed by atoms with Gasteiger partial charge in [0.25, 0.3) is 5.91 Å². The lowest BCUT2D eigenvalue weighted by atomic mass is 10.2. The highest BCUT2D eigenvalue weighted by Crippen LogP contribution is 2.28. The van der Waals surface area contributed by atoms with E-state index in [4.69, 9.17) is 0 Å². The van der Waals surface area contributed by atoms with Crippen LogP contribution in [0.4, 0.5) is 5.69 Å². The predicted octanol–water partition coefficient (Wildman–Crippen LogP) is 1.43. The van der Waals surface area contributed by atoms with Gasteiger partial charge in [-0.1, -0.05) is 0 Å². The van der Waals surface area contributed by atoms with Gasteiger partial charge in [-0.05, 0) is 25.8 Å². The Kier molecular flexibility index (Phi) is 3.87. The normalized spacial score (nSPS) is 19.9. The summed E-state index contributed by atoms with van der Waals surface area (Å²) in [5.74, 6) is 0.101. The monoisotopic (exact) mass is 274 g/mol. The molecule has 5 nitrogen and oxygen atoms in total. The minimum absolute atomic E-state index is 0.101. The Balaban J connectivity index is 1.66. The summed E-state index contributed by atoms with van der Waals surface area (Å²) >= 11 is 0. The summed E-state index contributed by atoms with van der Waals surface area (Å²) in [5.41, 5.74) is 1.58. The van der Waals surface area contributed by atoms with Crippen molar-refractivity contribution in [3.05, 3.63) is 24.0 Å². The molecule has 0 spiro atoms. The topological polar surface area (TPSA) is 48.5 Å². The third kappa shape index (κ3) is 2.77. The number of anilines is 1. The fourth-order valence-electron chi connectivity index (χ4n) is 2.81. The average molecular weight is 274 g/mol. The van der Waals surface area contributed by atoms with Crippen molar-refractivity contribution in [1.29, 1.82) is 0 Å². The number of amides is 1. The summed E-state index contributed by atoms with van der Waals surface area (Å²) in [6.45, 7) is 6.51. The second-order valence-corrected chi connectivity index (χ2v) is 5.51.